The van der Waals surface area contributed by atoms with E-state index in [9.17, 15) is 13.6 Å². The number of hydrogen-bond donors (Lipinski definition) is 2. The van der Waals surface area contributed by atoms with Gasteiger partial charge in [-0.25, -0.2) is 8.78 Å². The zero-order valence-electron chi connectivity index (χ0n) is 9.31. The number of piperazine rings is 1. The van der Waals surface area contributed by atoms with Gasteiger partial charge in [0.05, 0.1) is 12.1 Å². The smallest absolute Gasteiger partial charge is 0.254 e. The maximum Gasteiger partial charge on any atom is 0.254 e. The van der Waals surface area contributed by atoms with E-state index in [2.05, 4.69) is 10.6 Å². The van der Waals surface area contributed by atoms with Crippen molar-refractivity contribution < 1.29 is 13.6 Å². The van der Waals surface area contributed by atoms with Crippen LogP contribution in [0.25, 0.3) is 0 Å². The maximum absolute atomic E-state index is 12.3. The summed E-state index contributed by atoms with van der Waals surface area (Å²) in [6.45, 7) is 5.91. The van der Waals surface area contributed by atoms with Gasteiger partial charge < -0.3 is 10.6 Å². The topological polar surface area (TPSA) is 41.1 Å². The molecule has 2 N–H and O–H groups in total. The van der Waals surface area contributed by atoms with Crippen LogP contribution in [0.5, 0.6) is 0 Å². The first-order valence-electron chi connectivity index (χ1n) is 5.11. The first-order chi connectivity index (χ1) is 6.82. The molecule has 1 rings (SSSR count). The Hall–Kier alpha value is -0.550. The molecule has 0 spiro atoms. The highest BCUT2D eigenvalue weighted by Gasteiger charge is 2.34. The van der Waals surface area contributed by atoms with E-state index in [0.29, 0.717) is 0 Å². The van der Waals surface area contributed by atoms with Crippen molar-refractivity contribution >= 4 is 5.78 Å². The average Bonchev–Trinajstić information content (AvgIpc) is 2.15. The van der Waals surface area contributed by atoms with Gasteiger partial charge in [0.2, 0.25) is 0 Å². The van der Waals surface area contributed by atoms with E-state index in [1.54, 1.807) is 0 Å². The van der Waals surface area contributed by atoms with Crippen molar-refractivity contribution in [1.82, 2.24) is 10.6 Å². The molecule has 2 atom stereocenters. The SMILES string of the molecule is CC(C)(C)C(=O)C1CNC(C(F)F)CN1. The van der Waals surface area contributed by atoms with Crippen molar-refractivity contribution in [2.24, 2.45) is 5.41 Å². The summed E-state index contributed by atoms with van der Waals surface area (Å²) < 4.78 is 24.6. The number of nitrogens with one attached hydrogen (secondary N) is 2. The summed E-state index contributed by atoms with van der Waals surface area (Å²) >= 11 is 0. The fourth-order valence-corrected chi connectivity index (χ4v) is 1.57. The van der Waals surface area contributed by atoms with Crippen LogP contribution in [0.3, 0.4) is 0 Å². The summed E-state index contributed by atoms with van der Waals surface area (Å²) in [5.74, 6) is 0.0581. The molecule has 5 heteroatoms. The Morgan fingerprint density at radius 1 is 1.27 bits per heavy atom. The second-order valence-electron chi connectivity index (χ2n) is 4.92. The molecular weight excluding hydrogens is 202 g/mol. The molecule has 0 aromatic carbocycles. The summed E-state index contributed by atoms with van der Waals surface area (Å²) in [5, 5.41) is 5.55. The third-order valence-corrected chi connectivity index (χ3v) is 2.53. The average molecular weight is 220 g/mol. The Morgan fingerprint density at radius 3 is 2.20 bits per heavy atom. The fraction of sp³-hybridized carbons (Fsp3) is 0.900. The van der Waals surface area contributed by atoms with Crippen molar-refractivity contribution in [1.29, 1.82) is 0 Å². The second kappa shape index (κ2) is 4.53. The highest BCUT2D eigenvalue weighted by Crippen LogP contribution is 2.18. The van der Waals surface area contributed by atoms with Gasteiger partial charge in [-0.2, -0.15) is 0 Å². The second-order valence-corrected chi connectivity index (χ2v) is 4.92. The number of rotatable bonds is 2. The van der Waals surface area contributed by atoms with Gasteiger partial charge in [0, 0.05) is 18.5 Å². The lowest BCUT2D eigenvalue weighted by atomic mass is 9.85. The molecule has 1 fully saturated rings. The lowest BCUT2D eigenvalue weighted by Gasteiger charge is -2.33. The predicted octanol–water partition coefficient (Wildman–Crippen LogP) is 0.797. The molecule has 0 aromatic heterocycles. The number of halogens is 2. The zero-order valence-corrected chi connectivity index (χ0v) is 9.31. The van der Waals surface area contributed by atoms with Crippen LogP contribution in [-0.2, 0) is 4.79 Å². The monoisotopic (exact) mass is 220 g/mol. The summed E-state index contributed by atoms with van der Waals surface area (Å²) in [7, 11) is 0. The molecular formula is C10H18F2N2O. The minimum atomic E-state index is -2.39. The maximum atomic E-state index is 12.3. The van der Waals surface area contributed by atoms with E-state index in [-0.39, 0.29) is 24.9 Å². The molecule has 0 saturated carbocycles. The van der Waals surface area contributed by atoms with Crippen LogP contribution in [0.2, 0.25) is 0 Å². The molecule has 1 aliphatic rings. The Morgan fingerprint density at radius 2 is 1.87 bits per heavy atom. The molecule has 0 amide bonds. The third-order valence-electron chi connectivity index (χ3n) is 2.53. The Balaban J connectivity index is 2.48. The number of carbonyl (C=O) groups excluding carboxylic acids is 1. The van der Waals surface area contributed by atoms with E-state index in [1.165, 1.54) is 0 Å². The summed E-state index contributed by atoms with van der Waals surface area (Å²) in [6.07, 6.45) is -2.39. The fourth-order valence-electron chi connectivity index (χ4n) is 1.57. The highest BCUT2D eigenvalue weighted by atomic mass is 19.3. The minimum Gasteiger partial charge on any atom is -0.306 e. The van der Waals surface area contributed by atoms with Crippen molar-refractivity contribution in [2.75, 3.05) is 13.1 Å². The molecule has 15 heavy (non-hydrogen) atoms. The van der Waals surface area contributed by atoms with Gasteiger partial charge in [0.1, 0.15) is 0 Å². The number of hydrogen-bond acceptors (Lipinski definition) is 3. The standard InChI is InChI=1S/C10H18F2N2O/c1-10(2,3)8(15)6-4-14-7(5-13-6)9(11)12/h6-7,9,13-14H,4-5H2,1-3H3. The van der Waals surface area contributed by atoms with Crippen LogP contribution in [0, 0.1) is 5.41 Å². The summed E-state index contributed by atoms with van der Waals surface area (Å²) in [5.41, 5.74) is -0.434. The van der Waals surface area contributed by atoms with Crippen molar-refractivity contribution in [2.45, 2.75) is 39.3 Å². The predicted molar refractivity (Wildman–Crippen MR) is 54.0 cm³/mol. The van der Waals surface area contributed by atoms with Gasteiger partial charge in [-0.1, -0.05) is 20.8 Å². The van der Waals surface area contributed by atoms with Crippen LogP contribution in [-0.4, -0.2) is 37.4 Å². The van der Waals surface area contributed by atoms with Crippen LogP contribution in [0.4, 0.5) is 8.78 Å². The van der Waals surface area contributed by atoms with Crippen LogP contribution in [0.1, 0.15) is 20.8 Å². The molecule has 3 nitrogen and oxygen atoms in total. The van der Waals surface area contributed by atoms with Gasteiger partial charge in [-0.05, 0) is 0 Å². The minimum absolute atomic E-state index is 0.0581. The molecule has 1 aliphatic heterocycles. The molecule has 0 bridgehead atoms. The van der Waals surface area contributed by atoms with Crippen molar-refractivity contribution in [3.05, 3.63) is 0 Å². The van der Waals surface area contributed by atoms with Crippen molar-refractivity contribution in [3.63, 3.8) is 0 Å². The van der Waals surface area contributed by atoms with E-state index < -0.39 is 17.9 Å². The van der Waals surface area contributed by atoms with Crippen molar-refractivity contribution in [3.8, 4) is 0 Å². The number of alkyl halides is 2. The first kappa shape index (κ1) is 12.5. The lowest BCUT2D eigenvalue weighted by molar-refractivity contribution is -0.129. The van der Waals surface area contributed by atoms with Crippen LogP contribution in [0.15, 0.2) is 0 Å². The van der Waals surface area contributed by atoms with Gasteiger partial charge in [-0.3, -0.25) is 4.79 Å². The summed E-state index contributed by atoms with van der Waals surface area (Å²) in [6, 6.07) is -1.19. The first-order valence-corrected chi connectivity index (χ1v) is 5.11. The molecule has 1 heterocycles. The largest absolute Gasteiger partial charge is 0.306 e. The molecule has 0 aromatic rings. The van der Waals surface area contributed by atoms with E-state index in [4.69, 9.17) is 0 Å². The van der Waals surface area contributed by atoms with Gasteiger partial charge in [0.15, 0.2) is 5.78 Å². The summed E-state index contributed by atoms with van der Waals surface area (Å²) in [4.78, 5) is 11.8. The van der Waals surface area contributed by atoms with E-state index in [1.807, 2.05) is 20.8 Å². The van der Waals surface area contributed by atoms with Crippen LogP contribution >= 0.6 is 0 Å². The lowest BCUT2D eigenvalue weighted by Crippen LogP contribution is -2.61. The van der Waals surface area contributed by atoms with Gasteiger partial charge in [-0.15, -0.1) is 0 Å². The van der Waals surface area contributed by atoms with Gasteiger partial charge >= 0.3 is 0 Å². The molecule has 88 valence electrons. The number of ketones is 1. The van der Waals surface area contributed by atoms with Gasteiger partial charge in [0.25, 0.3) is 6.43 Å². The number of carbonyl (C=O) groups is 1. The quantitative estimate of drug-likeness (QED) is 0.723. The molecule has 1 saturated heterocycles. The molecule has 0 aliphatic carbocycles. The van der Waals surface area contributed by atoms with Crippen LogP contribution < -0.4 is 10.6 Å². The Bertz CT molecular complexity index is 230. The zero-order chi connectivity index (χ0) is 11.6. The van der Waals surface area contributed by atoms with E-state index >= 15 is 0 Å². The highest BCUT2D eigenvalue weighted by molar-refractivity contribution is 5.89. The molecule has 0 radical (unpaired) electrons. The van der Waals surface area contributed by atoms with E-state index in [0.717, 1.165) is 0 Å². The number of Topliss-reactive ketones (excluding diaryl/α,β-unsaturated/α-hetero) is 1. The third kappa shape index (κ3) is 3.21. The Kier molecular flexibility index (Phi) is 3.78. The Labute approximate surface area is 88.6 Å². The normalized spacial score (nSPS) is 28.1. The molecule has 2 unspecified atom stereocenters.